The summed E-state index contributed by atoms with van der Waals surface area (Å²) in [4.78, 5) is 4.47. The average Bonchev–Trinajstić information content (AvgIpc) is 2.61. The monoisotopic (exact) mass is 288 g/mol. The van der Waals surface area contributed by atoms with E-state index in [0.717, 1.165) is 22.5 Å². The van der Waals surface area contributed by atoms with Crippen molar-refractivity contribution < 1.29 is 0 Å². The topological polar surface area (TPSA) is 24.4 Å². The van der Waals surface area contributed by atoms with Gasteiger partial charge in [-0.1, -0.05) is 41.4 Å². The third-order valence-corrected chi connectivity index (χ3v) is 3.45. The fourth-order valence-electron chi connectivity index (χ4n) is 2.01. The first-order valence-electron chi connectivity index (χ1n) is 5.80. The quantitative estimate of drug-likeness (QED) is 0.806. The molecule has 0 aromatic heterocycles. The summed E-state index contributed by atoms with van der Waals surface area (Å²) in [5, 5.41) is 4.51. The highest BCUT2D eigenvalue weighted by atomic mass is 35.5. The van der Waals surface area contributed by atoms with Crippen LogP contribution in [0.3, 0.4) is 0 Å². The Kier molecular flexibility index (Phi) is 3.28. The molecular weight excluding hydrogens is 279 g/mol. The van der Waals surface area contributed by atoms with E-state index >= 15 is 0 Å². The highest BCUT2D eigenvalue weighted by Crippen LogP contribution is 2.28. The first-order chi connectivity index (χ1) is 9.25. The van der Waals surface area contributed by atoms with Crippen molar-refractivity contribution in [3.05, 3.63) is 76.0 Å². The lowest BCUT2D eigenvalue weighted by Crippen LogP contribution is -2.05. The molecule has 2 aromatic rings. The van der Waals surface area contributed by atoms with E-state index in [2.05, 4.69) is 10.3 Å². The second kappa shape index (κ2) is 5.08. The molecule has 0 radical (unpaired) electrons. The van der Waals surface area contributed by atoms with Crippen molar-refractivity contribution in [2.75, 3.05) is 5.32 Å². The summed E-state index contributed by atoms with van der Waals surface area (Å²) < 4.78 is 0. The summed E-state index contributed by atoms with van der Waals surface area (Å²) in [6.07, 6.45) is 3.50. The lowest BCUT2D eigenvalue weighted by atomic mass is 10.0. The molecule has 0 fully saturated rings. The summed E-state index contributed by atoms with van der Waals surface area (Å²) in [6.45, 7) is 0. The van der Waals surface area contributed by atoms with Crippen LogP contribution in [-0.4, -0.2) is 5.71 Å². The van der Waals surface area contributed by atoms with E-state index in [-0.39, 0.29) is 0 Å². The minimum Gasteiger partial charge on any atom is -0.360 e. The largest absolute Gasteiger partial charge is 0.360 e. The van der Waals surface area contributed by atoms with Crippen LogP contribution in [-0.2, 0) is 0 Å². The van der Waals surface area contributed by atoms with E-state index in [0.29, 0.717) is 10.0 Å². The van der Waals surface area contributed by atoms with E-state index in [1.54, 1.807) is 12.4 Å². The van der Waals surface area contributed by atoms with Crippen LogP contribution in [0.25, 0.3) is 0 Å². The van der Waals surface area contributed by atoms with Crippen LogP contribution in [0, 0.1) is 0 Å². The van der Waals surface area contributed by atoms with Crippen molar-refractivity contribution in [1.29, 1.82) is 0 Å². The van der Waals surface area contributed by atoms with Gasteiger partial charge in [0.15, 0.2) is 0 Å². The number of nitrogens with zero attached hydrogens (tertiary/aromatic N) is 1. The number of hydrogen-bond donors (Lipinski definition) is 1. The smallest absolute Gasteiger partial charge is 0.0811 e. The molecule has 94 valence electrons. The Bertz CT molecular complexity index is 690. The first kappa shape index (κ1) is 12.3. The molecule has 0 aliphatic carbocycles. The predicted octanol–water partition coefficient (Wildman–Crippen LogP) is 4.73. The van der Waals surface area contributed by atoms with Gasteiger partial charge in [-0.3, -0.25) is 4.99 Å². The first-order valence-corrected chi connectivity index (χ1v) is 6.55. The van der Waals surface area contributed by atoms with Crippen LogP contribution in [0.15, 0.2) is 59.9 Å². The van der Waals surface area contributed by atoms with Crippen molar-refractivity contribution in [3.63, 3.8) is 0 Å². The normalized spacial score (nSPS) is 13.3. The van der Waals surface area contributed by atoms with Crippen molar-refractivity contribution >= 4 is 34.6 Å². The number of hydrogen-bond acceptors (Lipinski definition) is 2. The van der Waals surface area contributed by atoms with E-state index < -0.39 is 0 Å². The third kappa shape index (κ3) is 2.37. The maximum absolute atomic E-state index is 6.26. The van der Waals surface area contributed by atoms with Gasteiger partial charge in [0.2, 0.25) is 0 Å². The highest BCUT2D eigenvalue weighted by Gasteiger charge is 2.15. The molecule has 0 bridgehead atoms. The van der Waals surface area contributed by atoms with Crippen LogP contribution in [0.1, 0.15) is 11.1 Å². The van der Waals surface area contributed by atoms with Gasteiger partial charge in [0, 0.05) is 39.3 Å². The van der Waals surface area contributed by atoms with E-state index in [4.69, 9.17) is 23.2 Å². The SMILES string of the molecule is Clc1ccc2c(c1)C(c1ccccc1Cl)=NC=CN2. The van der Waals surface area contributed by atoms with E-state index in [1.807, 2.05) is 42.5 Å². The number of nitrogens with one attached hydrogen (secondary N) is 1. The van der Waals surface area contributed by atoms with Gasteiger partial charge in [-0.25, -0.2) is 0 Å². The molecule has 1 aliphatic heterocycles. The van der Waals surface area contributed by atoms with Gasteiger partial charge in [0.05, 0.1) is 5.71 Å². The summed E-state index contributed by atoms with van der Waals surface area (Å²) in [7, 11) is 0. The number of benzene rings is 2. The Labute approximate surface area is 121 Å². The van der Waals surface area contributed by atoms with Gasteiger partial charge in [0.25, 0.3) is 0 Å². The van der Waals surface area contributed by atoms with Gasteiger partial charge < -0.3 is 5.32 Å². The summed E-state index contributed by atoms with van der Waals surface area (Å²) in [6, 6.07) is 13.3. The lowest BCUT2D eigenvalue weighted by molar-refractivity contribution is 1.52. The zero-order chi connectivity index (χ0) is 13.2. The fraction of sp³-hybridized carbons (Fsp3) is 0. The number of rotatable bonds is 1. The standard InChI is InChI=1S/C15H10Cl2N2/c16-10-5-6-14-12(9-10)15(19-8-7-18-14)11-3-1-2-4-13(11)17/h1-9,18H. The Morgan fingerprint density at radius 2 is 1.79 bits per heavy atom. The van der Waals surface area contributed by atoms with Crippen molar-refractivity contribution in [2.45, 2.75) is 0 Å². The second-order valence-electron chi connectivity index (χ2n) is 4.11. The number of anilines is 1. The predicted molar refractivity (Wildman–Crippen MR) is 81.3 cm³/mol. The minimum absolute atomic E-state index is 0.669. The molecule has 0 spiro atoms. The maximum atomic E-state index is 6.26. The molecule has 1 heterocycles. The summed E-state index contributed by atoms with van der Waals surface area (Å²) in [5.41, 5.74) is 3.59. The Morgan fingerprint density at radius 3 is 2.63 bits per heavy atom. The molecule has 0 amide bonds. The van der Waals surface area contributed by atoms with E-state index in [9.17, 15) is 0 Å². The minimum atomic E-state index is 0.669. The van der Waals surface area contributed by atoms with Crippen LogP contribution in [0.4, 0.5) is 5.69 Å². The molecule has 1 N–H and O–H groups in total. The lowest BCUT2D eigenvalue weighted by Gasteiger charge is -2.11. The number of halogens is 2. The summed E-state index contributed by atoms with van der Waals surface area (Å²) >= 11 is 12.3. The van der Waals surface area contributed by atoms with Crippen molar-refractivity contribution in [3.8, 4) is 0 Å². The van der Waals surface area contributed by atoms with Crippen molar-refractivity contribution in [1.82, 2.24) is 0 Å². The highest BCUT2D eigenvalue weighted by molar-refractivity contribution is 6.36. The Morgan fingerprint density at radius 1 is 0.947 bits per heavy atom. The number of fused-ring (bicyclic) bond motifs is 1. The molecule has 4 heteroatoms. The molecule has 1 aliphatic rings. The van der Waals surface area contributed by atoms with Crippen LogP contribution >= 0.6 is 23.2 Å². The van der Waals surface area contributed by atoms with Gasteiger partial charge >= 0.3 is 0 Å². The Balaban J connectivity index is 2.23. The molecule has 3 rings (SSSR count). The summed E-state index contributed by atoms with van der Waals surface area (Å²) in [5.74, 6) is 0. The van der Waals surface area contributed by atoms with E-state index in [1.165, 1.54) is 0 Å². The molecule has 0 atom stereocenters. The second-order valence-corrected chi connectivity index (χ2v) is 4.95. The number of aliphatic imine (C=N–C) groups is 1. The zero-order valence-electron chi connectivity index (χ0n) is 9.90. The zero-order valence-corrected chi connectivity index (χ0v) is 11.4. The molecule has 2 aromatic carbocycles. The van der Waals surface area contributed by atoms with Crippen LogP contribution < -0.4 is 5.32 Å². The molecule has 2 nitrogen and oxygen atoms in total. The molecule has 19 heavy (non-hydrogen) atoms. The Hall–Kier alpha value is -1.77. The average molecular weight is 289 g/mol. The van der Waals surface area contributed by atoms with Gasteiger partial charge in [-0.15, -0.1) is 0 Å². The fourth-order valence-corrected chi connectivity index (χ4v) is 2.41. The van der Waals surface area contributed by atoms with Crippen LogP contribution in [0.5, 0.6) is 0 Å². The molecule has 0 saturated carbocycles. The van der Waals surface area contributed by atoms with Crippen LogP contribution in [0.2, 0.25) is 10.0 Å². The molecular formula is C15H10Cl2N2. The van der Waals surface area contributed by atoms with Gasteiger partial charge in [0.1, 0.15) is 0 Å². The third-order valence-electron chi connectivity index (χ3n) is 2.88. The molecule has 0 saturated heterocycles. The maximum Gasteiger partial charge on any atom is 0.0811 e. The van der Waals surface area contributed by atoms with Crippen molar-refractivity contribution in [2.24, 2.45) is 4.99 Å². The van der Waals surface area contributed by atoms with Gasteiger partial charge in [-0.2, -0.15) is 0 Å². The van der Waals surface area contributed by atoms with Gasteiger partial charge in [-0.05, 0) is 24.3 Å². The molecule has 0 unspecified atom stereocenters.